The van der Waals surface area contributed by atoms with Crippen LogP contribution in [0.5, 0.6) is 0 Å². The van der Waals surface area contributed by atoms with Crippen molar-refractivity contribution in [1.82, 2.24) is 0 Å². The minimum absolute atomic E-state index is 0.151. The zero-order valence-corrected chi connectivity index (χ0v) is 64.3. The van der Waals surface area contributed by atoms with Crippen LogP contribution < -0.4 is 5.11 Å². The highest BCUT2D eigenvalue weighted by atomic mass is 16.7. The molecule has 0 rings (SSSR count). The summed E-state index contributed by atoms with van der Waals surface area (Å²) in [5.74, 6) is -2.25. The van der Waals surface area contributed by atoms with E-state index in [1.807, 2.05) is 21.1 Å². The molecule has 560 valence electrons. The Morgan fingerprint density at radius 2 is 0.568 bits per heavy atom. The molecule has 0 saturated heterocycles. The van der Waals surface area contributed by atoms with Crippen LogP contribution in [0.15, 0.2) is 36.5 Å². The molecule has 0 fully saturated rings. The van der Waals surface area contributed by atoms with Gasteiger partial charge in [0.15, 0.2) is 12.4 Å². The summed E-state index contributed by atoms with van der Waals surface area (Å²) in [6.45, 7) is 4.82. The van der Waals surface area contributed by atoms with E-state index in [9.17, 15) is 19.5 Å². The summed E-state index contributed by atoms with van der Waals surface area (Å²) in [4.78, 5) is 37.6. The van der Waals surface area contributed by atoms with Crippen molar-refractivity contribution in [3.63, 3.8) is 0 Å². The molecule has 0 radical (unpaired) electrons. The van der Waals surface area contributed by atoms with Gasteiger partial charge in [-0.25, -0.2) is 0 Å². The van der Waals surface area contributed by atoms with Crippen LogP contribution in [0.4, 0.5) is 0 Å². The van der Waals surface area contributed by atoms with Crippen molar-refractivity contribution in [1.29, 1.82) is 0 Å². The predicted molar refractivity (Wildman–Crippen MR) is 408 cm³/mol. The van der Waals surface area contributed by atoms with Gasteiger partial charge in [-0.2, -0.15) is 0 Å². The lowest BCUT2D eigenvalue weighted by Gasteiger charge is -2.26. The molecule has 0 aromatic carbocycles. The maximum absolute atomic E-state index is 13.0. The Labute approximate surface area is 591 Å². The van der Waals surface area contributed by atoms with Crippen molar-refractivity contribution in [3.8, 4) is 0 Å². The molecule has 0 spiro atoms. The van der Waals surface area contributed by atoms with E-state index in [0.29, 0.717) is 17.4 Å². The summed E-state index contributed by atoms with van der Waals surface area (Å²) in [5.41, 5.74) is 0. The molecule has 9 nitrogen and oxygen atoms in total. The van der Waals surface area contributed by atoms with Gasteiger partial charge in [-0.05, 0) is 70.6 Å². The predicted octanol–water partition coefficient (Wildman–Crippen LogP) is 25.7. The van der Waals surface area contributed by atoms with Gasteiger partial charge in [-0.1, -0.05) is 391 Å². The number of hydrogen-bond donors (Lipinski definition) is 0. The van der Waals surface area contributed by atoms with E-state index in [2.05, 4.69) is 50.3 Å². The van der Waals surface area contributed by atoms with Gasteiger partial charge >= 0.3 is 11.9 Å². The zero-order valence-electron chi connectivity index (χ0n) is 64.3. The van der Waals surface area contributed by atoms with E-state index in [4.69, 9.17) is 18.9 Å². The smallest absolute Gasteiger partial charge is 0.306 e. The first kappa shape index (κ1) is 92.5. The van der Waals surface area contributed by atoms with Crippen LogP contribution >= 0.6 is 0 Å². The van der Waals surface area contributed by atoms with Gasteiger partial charge in [0.25, 0.3) is 0 Å². The number of carbonyl (C=O) groups excluding carboxylic acids is 3. The van der Waals surface area contributed by atoms with Gasteiger partial charge in [-0.3, -0.25) is 9.59 Å². The molecular formula is C86H163NO8. The van der Waals surface area contributed by atoms with Gasteiger partial charge < -0.3 is 33.3 Å². The largest absolute Gasteiger partial charge is 0.545 e. The summed E-state index contributed by atoms with van der Waals surface area (Å²) in [7, 11) is 5.96. The van der Waals surface area contributed by atoms with Crippen LogP contribution in [0.2, 0.25) is 0 Å². The normalized spacial score (nSPS) is 12.7. The fraction of sp³-hybridized carbons (Fsp3) is 0.895. The molecule has 0 N–H and O–H groups in total. The molecule has 0 aromatic heterocycles. The molecular weight excluding hydrogens is 1170 g/mol. The Balaban J connectivity index is 3.93. The van der Waals surface area contributed by atoms with Crippen molar-refractivity contribution < 1.29 is 42.9 Å². The SMILES string of the molecule is CCCCCCC/C=C\C/C=C\CCCCCCCCCCCCCCCCCCCCCCCC(=O)OC(COC(=O)CCCCCCCCCCCCCCCCCCCCCCCCCCC/C=C\CCCCCCCCCC)COC(OCC[N+](C)(C)C)C(=O)[O-]. The number of aliphatic carboxylic acids is 1. The average molecular weight is 1340 g/mol. The average Bonchev–Trinajstić information content (AvgIpc) is 3.75. The number of carboxylic acids is 1. The van der Waals surface area contributed by atoms with E-state index in [1.165, 1.54) is 366 Å². The number of allylic oxidation sites excluding steroid dienone is 6. The number of likely N-dealkylation sites (N-methyl/N-ethyl adjacent to an activating group) is 1. The second kappa shape index (κ2) is 77.3. The number of rotatable bonds is 80. The Morgan fingerprint density at radius 3 is 0.842 bits per heavy atom. The fourth-order valence-electron chi connectivity index (χ4n) is 12.9. The summed E-state index contributed by atoms with van der Waals surface area (Å²) in [5, 5.41) is 11.9. The van der Waals surface area contributed by atoms with Crippen LogP contribution in [-0.4, -0.2) is 82.3 Å². The summed E-state index contributed by atoms with van der Waals surface area (Å²) in [6, 6.07) is 0. The highest BCUT2D eigenvalue weighted by molar-refractivity contribution is 5.70. The van der Waals surface area contributed by atoms with Crippen molar-refractivity contribution in [2.75, 3.05) is 47.5 Å². The molecule has 0 aromatic rings. The highest BCUT2D eigenvalue weighted by Gasteiger charge is 2.22. The number of nitrogens with zero attached hydrogens (tertiary/aromatic N) is 1. The van der Waals surface area contributed by atoms with Crippen LogP contribution in [0.3, 0.4) is 0 Å². The first-order valence-corrected chi connectivity index (χ1v) is 42.1. The maximum atomic E-state index is 13.0. The van der Waals surface area contributed by atoms with E-state index < -0.39 is 24.3 Å². The van der Waals surface area contributed by atoms with Crippen molar-refractivity contribution in [2.24, 2.45) is 0 Å². The Bertz CT molecular complexity index is 1650. The van der Waals surface area contributed by atoms with Gasteiger partial charge in [0.1, 0.15) is 13.2 Å². The van der Waals surface area contributed by atoms with Crippen LogP contribution in [0, 0.1) is 0 Å². The Kier molecular flexibility index (Phi) is 75.2. The van der Waals surface area contributed by atoms with Crippen molar-refractivity contribution >= 4 is 17.9 Å². The fourth-order valence-corrected chi connectivity index (χ4v) is 12.9. The number of unbranched alkanes of at least 4 members (excludes halogenated alkanes) is 59. The molecule has 0 bridgehead atoms. The first-order valence-electron chi connectivity index (χ1n) is 42.1. The highest BCUT2D eigenvalue weighted by Crippen LogP contribution is 2.20. The summed E-state index contributed by atoms with van der Waals surface area (Å²) in [6.07, 6.45) is 97.2. The first-order chi connectivity index (χ1) is 46.6. The minimum atomic E-state index is -1.62. The lowest BCUT2D eigenvalue weighted by Crippen LogP contribution is -2.44. The van der Waals surface area contributed by atoms with E-state index in [0.717, 1.165) is 44.9 Å². The molecule has 0 aliphatic rings. The third kappa shape index (κ3) is 78.7. The van der Waals surface area contributed by atoms with Crippen LogP contribution in [-0.2, 0) is 33.3 Å². The molecule has 0 saturated carbocycles. The second-order valence-corrected chi connectivity index (χ2v) is 30.1. The minimum Gasteiger partial charge on any atom is -0.545 e. The number of carbonyl (C=O) groups is 3. The molecule has 0 amide bonds. The molecule has 0 heterocycles. The lowest BCUT2D eigenvalue weighted by molar-refractivity contribution is -0.870. The van der Waals surface area contributed by atoms with E-state index in [1.54, 1.807) is 0 Å². The number of quaternary nitrogens is 1. The number of ether oxygens (including phenoxy) is 4. The third-order valence-corrected chi connectivity index (χ3v) is 19.4. The van der Waals surface area contributed by atoms with Gasteiger partial charge in [0.2, 0.25) is 0 Å². The second-order valence-electron chi connectivity index (χ2n) is 30.1. The molecule has 9 heteroatoms. The Hall–Kier alpha value is -2.49. The van der Waals surface area contributed by atoms with Gasteiger partial charge in [0.05, 0.1) is 40.3 Å². The summed E-state index contributed by atoms with van der Waals surface area (Å²) < 4.78 is 22.9. The van der Waals surface area contributed by atoms with E-state index in [-0.39, 0.29) is 32.2 Å². The quantitative estimate of drug-likeness (QED) is 0.0195. The van der Waals surface area contributed by atoms with Crippen molar-refractivity contribution in [2.45, 2.75) is 450 Å². The van der Waals surface area contributed by atoms with Crippen molar-refractivity contribution in [3.05, 3.63) is 36.5 Å². The Morgan fingerprint density at radius 1 is 0.316 bits per heavy atom. The molecule has 95 heavy (non-hydrogen) atoms. The zero-order chi connectivity index (χ0) is 69.0. The van der Waals surface area contributed by atoms with E-state index >= 15 is 0 Å². The number of esters is 2. The molecule has 2 atom stereocenters. The topological polar surface area (TPSA) is 111 Å². The standard InChI is InChI=1S/C86H163NO8/c1-6-8-10-12-14-16-18-20-22-24-26-28-30-32-34-36-38-40-41-42-43-45-46-48-50-52-54-56-58-60-62-64-66-68-70-72-74-76-83(88)93-80-82(81-94-86(85(90)91)92-79-78-87(3,4)5)95-84(89)77-75-73-71-69-67-65-63-61-59-57-55-53-51-49-47-44-39-37-35-33-31-29-27-25-23-21-19-17-15-13-11-9-7-2/h19,21,24-27,82,86H,6-18,20,22-23,28-81H2,1-5H3/b21-19-,26-24-,27-25-. The maximum Gasteiger partial charge on any atom is 0.306 e. The van der Waals surface area contributed by atoms with Crippen LogP contribution in [0.25, 0.3) is 0 Å². The lowest BCUT2D eigenvalue weighted by atomic mass is 10.0. The molecule has 0 aliphatic carbocycles. The van der Waals surface area contributed by atoms with Crippen LogP contribution in [0.1, 0.15) is 438 Å². The number of hydrogen-bond acceptors (Lipinski definition) is 8. The molecule has 0 aliphatic heterocycles. The van der Waals surface area contributed by atoms with Gasteiger partial charge in [-0.15, -0.1) is 0 Å². The number of carboxylic acid groups (broad SMARTS) is 1. The monoisotopic (exact) mass is 1340 g/mol. The van der Waals surface area contributed by atoms with Gasteiger partial charge in [0, 0.05) is 12.8 Å². The third-order valence-electron chi connectivity index (χ3n) is 19.4. The summed E-state index contributed by atoms with van der Waals surface area (Å²) >= 11 is 0. The molecule has 2 unspecified atom stereocenters.